The maximum absolute atomic E-state index is 11.4. The number of thiophene rings is 1. The van der Waals surface area contributed by atoms with Crippen LogP contribution in [0.2, 0.25) is 5.02 Å². The Morgan fingerprint density at radius 2 is 2.25 bits per heavy atom. The van der Waals surface area contributed by atoms with Crippen molar-refractivity contribution >= 4 is 45.0 Å². The number of carbonyl (C=O) groups is 1. The van der Waals surface area contributed by atoms with Crippen molar-refractivity contribution in [2.75, 3.05) is 7.11 Å². The van der Waals surface area contributed by atoms with Crippen LogP contribution in [0.5, 0.6) is 0 Å². The molecule has 0 aliphatic rings. The van der Waals surface area contributed by atoms with Crippen LogP contribution in [0, 0.1) is 0 Å². The van der Waals surface area contributed by atoms with Crippen molar-refractivity contribution < 1.29 is 22.7 Å². The largest absolute Gasteiger partial charge is 0.465 e. The van der Waals surface area contributed by atoms with Crippen molar-refractivity contribution in [3.05, 3.63) is 15.3 Å². The van der Waals surface area contributed by atoms with E-state index in [-0.39, 0.29) is 9.90 Å². The highest BCUT2D eigenvalue weighted by atomic mass is 35.5. The lowest BCUT2D eigenvalue weighted by Crippen LogP contribution is -2.06. The molecular formula is C7H4ClNO5S2. The highest BCUT2D eigenvalue weighted by Crippen LogP contribution is 2.32. The highest BCUT2D eigenvalue weighted by Gasteiger charge is 2.28. The molecule has 0 unspecified atom stereocenters. The minimum absolute atomic E-state index is 0.190. The van der Waals surface area contributed by atoms with Crippen LogP contribution in [0.15, 0.2) is 14.7 Å². The average Bonchev–Trinajstić information content (AvgIpc) is 2.59. The van der Waals surface area contributed by atoms with Gasteiger partial charge in [-0.05, 0) is 0 Å². The minimum Gasteiger partial charge on any atom is -0.465 e. The van der Waals surface area contributed by atoms with Gasteiger partial charge in [-0.1, -0.05) is 16.0 Å². The Hall–Kier alpha value is -1.21. The molecule has 1 rings (SSSR count). The molecule has 86 valence electrons. The molecule has 0 atom stereocenters. The maximum Gasteiger partial charge on any atom is 0.349 e. The van der Waals surface area contributed by atoms with Crippen molar-refractivity contribution in [1.29, 1.82) is 0 Å². The zero-order valence-electron chi connectivity index (χ0n) is 7.76. The van der Waals surface area contributed by atoms with Crippen LogP contribution in [0.25, 0.3) is 0 Å². The van der Waals surface area contributed by atoms with Gasteiger partial charge in [0.05, 0.1) is 12.1 Å². The minimum atomic E-state index is -4.30. The molecule has 0 N–H and O–H groups in total. The lowest BCUT2D eigenvalue weighted by atomic mass is 10.5. The topological polar surface area (TPSA) is 89.9 Å². The van der Waals surface area contributed by atoms with Gasteiger partial charge >= 0.3 is 5.97 Å². The Balaban J connectivity index is 3.50. The van der Waals surface area contributed by atoms with Crippen LogP contribution in [0.1, 0.15) is 9.67 Å². The molecule has 0 aliphatic carbocycles. The van der Waals surface area contributed by atoms with E-state index in [0.717, 1.165) is 24.5 Å². The van der Waals surface area contributed by atoms with Crippen molar-refractivity contribution in [1.82, 2.24) is 0 Å². The van der Waals surface area contributed by atoms with Crippen molar-refractivity contribution in [2.24, 2.45) is 4.40 Å². The zero-order chi connectivity index (χ0) is 12.3. The third-order valence-corrected chi connectivity index (χ3v) is 4.37. The van der Waals surface area contributed by atoms with Crippen LogP contribution in [-0.4, -0.2) is 27.6 Å². The molecule has 1 aromatic rings. The average molecular weight is 282 g/mol. The van der Waals surface area contributed by atoms with Gasteiger partial charge in [-0.2, -0.15) is 8.42 Å². The summed E-state index contributed by atoms with van der Waals surface area (Å²) >= 11 is 6.39. The van der Waals surface area contributed by atoms with Crippen molar-refractivity contribution in [3.8, 4) is 0 Å². The molecule has 0 spiro atoms. The second-order valence-corrected chi connectivity index (χ2v) is 5.22. The van der Waals surface area contributed by atoms with E-state index in [9.17, 15) is 18.0 Å². The number of halogens is 1. The summed E-state index contributed by atoms with van der Waals surface area (Å²) in [5.74, 6) is -0.864. The second kappa shape index (κ2) is 4.75. The molecule has 0 saturated carbocycles. The molecule has 0 radical (unpaired) electrons. The molecule has 0 amide bonds. The van der Waals surface area contributed by atoms with E-state index in [1.165, 1.54) is 5.38 Å². The molecule has 0 fully saturated rings. The van der Waals surface area contributed by atoms with E-state index in [0.29, 0.717) is 0 Å². The first-order valence-electron chi connectivity index (χ1n) is 3.63. The molecule has 1 aromatic heterocycles. The van der Waals surface area contributed by atoms with Crippen LogP contribution in [0.4, 0.5) is 0 Å². The molecule has 0 aromatic carbocycles. The zero-order valence-corrected chi connectivity index (χ0v) is 10.1. The number of sulfonamides is 1. The molecule has 0 aliphatic heterocycles. The summed E-state index contributed by atoms with van der Waals surface area (Å²) in [5.41, 5.74) is 0. The highest BCUT2D eigenvalue weighted by molar-refractivity contribution is 7.90. The smallest absolute Gasteiger partial charge is 0.349 e. The second-order valence-electron chi connectivity index (χ2n) is 2.39. The molecule has 6 nitrogen and oxygen atoms in total. The quantitative estimate of drug-likeness (QED) is 0.472. The third kappa shape index (κ3) is 2.30. The summed E-state index contributed by atoms with van der Waals surface area (Å²) in [5, 5.41) is 1.05. The van der Waals surface area contributed by atoms with Gasteiger partial charge in [-0.15, -0.1) is 11.3 Å². The summed E-state index contributed by atoms with van der Waals surface area (Å²) in [4.78, 5) is 20.4. The first-order chi connectivity index (χ1) is 7.44. The Morgan fingerprint density at radius 3 is 2.75 bits per heavy atom. The number of hydrogen-bond acceptors (Lipinski definition) is 6. The van der Waals surface area contributed by atoms with Gasteiger partial charge in [-0.3, -0.25) is 0 Å². The fraction of sp³-hybridized carbons (Fsp3) is 0.143. The number of nitrogens with zero attached hydrogens (tertiary/aromatic N) is 1. The predicted molar refractivity (Wildman–Crippen MR) is 56.0 cm³/mol. The van der Waals surface area contributed by atoms with E-state index in [2.05, 4.69) is 9.13 Å². The monoisotopic (exact) mass is 281 g/mol. The first kappa shape index (κ1) is 12.9. The molecule has 16 heavy (non-hydrogen) atoms. The van der Waals surface area contributed by atoms with Crippen LogP contribution >= 0.6 is 22.9 Å². The Labute approximate surface area is 99.6 Å². The van der Waals surface area contributed by atoms with Crippen LogP contribution in [0.3, 0.4) is 0 Å². The van der Waals surface area contributed by atoms with E-state index < -0.39 is 20.9 Å². The van der Waals surface area contributed by atoms with E-state index in [1.54, 1.807) is 0 Å². The van der Waals surface area contributed by atoms with Gasteiger partial charge in [0.1, 0.15) is 9.77 Å². The molecular weight excluding hydrogens is 278 g/mol. The van der Waals surface area contributed by atoms with Gasteiger partial charge in [0.2, 0.25) is 0 Å². The molecule has 9 heteroatoms. The SMILES string of the molecule is COC(=O)c1scc(Cl)c1S(=O)(=O)N=C=O. The molecule has 0 bridgehead atoms. The fourth-order valence-electron chi connectivity index (χ4n) is 0.895. The standard InChI is InChI=1S/C7H4ClNO5S2/c1-14-7(11)5-6(4(8)2-15-5)16(12,13)9-3-10/h2H,1H3. The van der Waals surface area contributed by atoms with Gasteiger partial charge < -0.3 is 4.74 Å². The summed E-state index contributed by atoms with van der Waals surface area (Å²) in [7, 11) is -3.21. The Kier molecular flexibility index (Phi) is 3.82. The lowest BCUT2D eigenvalue weighted by Gasteiger charge is -1.99. The van der Waals surface area contributed by atoms with Gasteiger partial charge in [0, 0.05) is 5.38 Å². The summed E-state index contributed by atoms with van der Waals surface area (Å²) in [6.45, 7) is 0. The Bertz CT molecular complexity index is 570. The first-order valence-corrected chi connectivity index (χ1v) is 6.33. The maximum atomic E-state index is 11.4. The number of rotatable bonds is 3. The molecule has 1 heterocycles. The van der Waals surface area contributed by atoms with E-state index in [1.807, 2.05) is 0 Å². The number of isocyanates is 1. The summed E-state index contributed by atoms with van der Waals surface area (Å²) in [6.07, 6.45) is 0.889. The normalized spacial score (nSPS) is 10.6. The number of ether oxygens (including phenoxy) is 1. The van der Waals surface area contributed by atoms with Gasteiger partial charge in [0.25, 0.3) is 16.1 Å². The van der Waals surface area contributed by atoms with Crippen molar-refractivity contribution in [3.63, 3.8) is 0 Å². The Morgan fingerprint density at radius 1 is 1.62 bits per heavy atom. The van der Waals surface area contributed by atoms with E-state index >= 15 is 0 Å². The molecule has 0 saturated heterocycles. The van der Waals surface area contributed by atoms with Crippen LogP contribution in [-0.2, 0) is 19.6 Å². The van der Waals surface area contributed by atoms with Gasteiger partial charge in [-0.25, -0.2) is 9.59 Å². The number of hydrogen-bond donors (Lipinski definition) is 0. The third-order valence-electron chi connectivity index (χ3n) is 1.49. The lowest BCUT2D eigenvalue weighted by molar-refractivity contribution is 0.0602. The summed E-state index contributed by atoms with van der Waals surface area (Å²) in [6, 6.07) is 0. The number of esters is 1. The predicted octanol–water partition coefficient (Wildman–Crippen LogP) is 1.21. The summed E-state index contributed by atoms with van der Waals surface area (Å²) < 4.78 is 29.9. The number of methoxy groups -OCH3 is 1. The number of carbonyl (C=O) groups excluding carboxylic acids is 2. The fourth-order valence-corrected chi connectivity index (χ4v) is 3.55. The van der Waals surface area contributed by atoms with E-state index in [4.69, 9.17) is 11.6 Å². The van der Waals surface area contributed by atoms with Crippen LogP contribution < -0.4 is 0 Å². The van der Waals surface area contributed by atoms with Gasteiger partial charge in [0.15, 0.2) is 0 Å². The van der Waals surface area contributed by atoms with Crippen molar-refractivity contribution in [2.45, 2.75) is 4.90 Å².